The fraction of sp³-hybridized carbons (Fsp3) is 0.444. The molecule has 0 radical (unpaired) electrons. The summed E-state index contributed by atoms with van der Waals surface area (Å²) in [5.74, 6) is 1.21. The molecule has 216 valence electrons. The first-order chi connectivity index (χ1) is 19.7. The number of hydrogen-bond acceptors (Lipinski definition) is 3. The average molecular weight is 552 g/mol. The van der Waals surface area contributed by atoms with E-state index < -0.39 is 0 Å². The van der Waals surface area contributed by atoms with Crippen LogP contribution < -0.4 is 10.2 Å². The molecular weight excluding hydrogens is 506 g/mol. The van der Waals surface area contributed by atoms with Gasteiger partial charge in [-0.05, 0) is 90.8 Å². The number of carbonyl (C=O) groups excluding carboxylic acids is 2. The van der Waals surface area contributed by atoms with Crippen molar-refractivity contribution in [3.63, 3.8) is 0 Å². The number of likely N-dealkylation sites (tertiary alicyclic amines) is 1. The number of nitrogens with zero attached hydrogens (tertiary/aromatic N) is 2. The molecule has 0 aromatic heterocycles. The number of rotatable bonds is 6. The van der Waals surface area contributed by atoms with Gasteiger partial charge in [-0.3, -0.25) is 9.59 Å². The second-order valence-corrected chi connectivity index (χ2v) is 13.1. The summed E-state index contributed by atoms with van der Waals surface area (Å²) in [7, 11) is 0. The Morgan fingerprint density at radius 2 is 1.49 bits per heavy atom. The average Bonchev–Trinajstić information content (AvgIpc) is 2.98. The van der Waals surface area contributed by atoms with Gasteiger partial charge in [-0.1, -0.05) is 70.2 Å². The van der Waals surface area contributed by atoms with Gasteiger partial charge in [-0.25, -0.2) is 0 Å². The van der Waals surface area contributed by atoms with E-state index in [4.69, 9.17) is 0 Å². The number of amides is 2. The van der Waals surface area contributed by atoms with Crippen LogP contribution in [-0.2, 0) is 11.8 Å². The van der Waals surface area contributed by atoms with Gasteiger partial charge in [0.15, 0.2) is 0 Å². The van der Waals surface area contributed by atoms with Gasteiger partial charge in [-0.15, -0.1) is 0 Å². The Bertz CT molecular complexity index is 1330. The molecule has 2 saturated heterocycles. The Balaban J connectivity index is 1.33. The van der Waals surface area contributed by atoms with E-state index in [2.05, 4.69) is 68.2 Å². The minimum atomic E-state index is -0.162. The molecule has 0 spiro atoms. The van der Waals surface area contributed by atoms with E-state index in [1.165, 1.54) is 11.1 Å². The zero-order valence-corrected chi connectivity index (χ0v) is 25.2. The minimum Gasteiger partial charge on any atom is -0.371 e. The summed E-state index contributed by atoms with van der Waals surface area (Å²) in [6.45, 7) is 12.2. The molecule has 5 rings (SSSR count). The molecule has 5 nitrogen and oxygen atoms in total. The molecule has 0 unspecified atom stereocenters. The number of nitrogens with one attached hydrogen (secondary N) is 1. The van der Waals surface area contributed by atoms with Crippen molar-refractivity contribution >= 4 is 23.2 Å². The van der Waals surface area contributed by atoms with Gasteiger partial charge in [0, 0.05) is 43.1 Å². The van der Waals surface area contributed by atoms with Crippen molar-refractivity contribution in [3.05, 3.63) is 95.1 Å². The highest BCUT2D eigenvalue weighted by Gasteiger charge is 2.28. The summed E-state index contributed by atoms with van der Waals surface area (Å²) >= 11 is 0. The van der Waals surface area contributed by atoms with Crippen molar-refractivity contribution < 1.29 is 9.59 Å². The van der Waals surface area contributed by atoms with Crippen LogP contribution >= 0.6 is 0 Å². The smallest absolute Gasteiger partial charge is 0.256 e. The predicted molar refractivity (Wildman–Crippen MR) is 169 cm³/mol. The van der Waals surface area contributed by atoms with Crippen LogP contribution in [-0.4, -0.2) is 42.9 Å². The number of piperidine rings is 2. The second kappa shape index (κ2) is 12.5. The Kier molecular flexibility index (Phi) is 8.82. The normalized spacial score (nSPS) is 17.0. The van der Waals surface area contributed by atoms with Gasteiger partial charge in [-0.2, -0.15) is 0 Å². The summed E-state index contributed by atoms with van der Waals surface area (Å²) in [6.07, 6.45) is 5.38. The Morgan fingerprint density at radius 1 is 0.829 bits per heavy atom. The summed E-state index contributed by atoms with van der Waals surface area (Å²) in [5.41, 5.74) is 5.57. The molecule has 2 amide bonds. The molecule has 2 fully saturated rings. The van der Waals surface area contributed by atoms with Crippen LogP contribution in [0, 0.1) is 11.8 Å². The quantitative estimate of drug-likeness (QED) is 0.344. The van der Waals surface area contributed by atoms with Gasteiger partial charge < -0.3 is 15.1 Å². The van der Waals surface area contributed by atoms with Crippen molar-refractivity contribution in [1.29, 1.82) is 0 Å². The summed E-state index contributed by atoms with van der Waals surface area (Å²) in [4.78, 5) is 31.4. The Morgan fingerprint density at radius 3 is 2.12 bits per heavy atom. The first-order valence-corrected chi connectivity index (χ1v) is 15.3. The topological polar surface area (TPSA) is 52.7 Å². The molecule has 41 heavy (non-hydrogen) atoms. The predicted octanol–water partition coefficient (Wildman–Crippen LogP) is 7.57. The van der Waals surface area contributed by atoms with E-state index in [0.717, 1.165) is 64.0 Å². The summed E-state index contributed by atoms with van der Waals surface area (Å²) in [6, 6.07) is 24.4. The largest absolute Gasteiger partial charge is 0.371 e. The molecular formula is C36H45N3O2. The zero-order valence-electron chi connectivity index (χ0n) is 25.2. The third-order valence-electron chi connectivity index (χ3n) is 8.89. The van der Waals surface area contributed by atoms with E-state index in [0.29, 0.717) is 28.7 Å². The van der Waals surface area contributed by atoms with Gasteiger partial charge in [0.1, 0.15) is 0 Å². The standard InChI is InChI=1S/C36H45N3O2/c1-26-16-20-39(21-17-26)35(41)32-25-31(37-34(40)29-10-12-30(13-11-29)36(2,3)4)14-15-33(32)38-22-18-28(19-23-38)24-27-8-6-5-7-9-27/h5-15,25-26,28H,16-24H2,1-4H3,(H,37,40). The number of anilines is 2. The van der Waals surface area contributed by atoms with Crippen molar-refractivity contribution in [2.24, 2.45) is 11.8 Å². The van der Waals surface area contributed by atoms with Crippen LogP contribution in [0.5, 0.6) is 0 Å². The van der Waals surface area contributed by atoms with Crippen molar-refractivity contribution in [1.82, 2.24) is 4.90 Å². The van der Waals surface area contributed by atoms with Gasteiger partial charge in [0.05, 0.1) is 5.56 Å². The number of carbonyl (C=O) groups is 2. The fourth-order valence-electron chi connectivity index (χ4n) is 6.09. The van der Waals surface area contributed by atoms with Crippen LogP contribution in [0.25, 0.3) is 0 Å². The van der Waals surface area contributed by atoms with E-state index in [1.807, 2.05) is 47.4 Å². The van der Waals surface area contributed by atoms with Crippen molar-refractivity contribution in [2.75, 3.05) is 36.4 Å². The molecule has 3 aromatic rings. The lowest BCUT2D eigenvalue weighted by molar-refractivity contribution is 0.0697. The van der Waals surface area contributed by atoms with Crippen molar-refractivity contribution in [2.45, 2.75) is 65.2 Å². The lowest BCUT2D eigenvalue weighted by Gasteiger charge is -2.36. The van der Waals surface area contributed by atoms with Crippen LogP contribution in [0.2, 0.25) is 0 Å². The molecule has 2 aliphatic heterocycles. The molecule has 0 saturated carbocycles. The van der Waals surface area contributed by atoms with Crippen LogP contribution in [0.15, 0.2) is 72.8 Å². The maximum atomic E-state index is 13.9. The van der Waals surface area contributed by atoms with Crippen molar-refractivity contribution in [3.8, 4) is 0 Å². The molecule has 2 aliphatic rings. The monoisotopic (exact) mass is 551 g/mol. The van der Waals surface area contributed by atoms with Crippen LogP contribution in [0.1, 0.15) is 85.2 Å². The maximum absolute atomic E-state index is 13.9. The van der Waals surface area contributed by atoms with E-state index in [1.54, 1.807) is 0 Å². The molecule has 0 bridgehead atoms. The zero-order chi connectivity index (χ0) is 29.0. The second-order valence-electron chi connectivity index (χ2n) is 13.1. The molecule has 1 N–H and O–H groups in total. The van der Waals surface area contributed by atoms with E-state index in [9.17, 15) is 9.59 Å². The van der Waals surface area contributed by atoms with E-state index in [-0.39, 0.29) is 17.2 Å². The fourth-order valence-corrected chi connectivity index (χ4v) is 6.09. The molecule has 2 heterocycles. The first-order valence-electron chi connectivity index (χ1n) is 15.3. The summed E-state index contributed by atoms with van der Waals surface area (Å²) in [5, 5.41) is 3.06. The Hall–Kier alpha value is -3.60. The minimum absolute atomic E-state index is 0.0301. The molecule has 0 aliphatic carbocycles. The van der Waals surface area contributed by atoms with Crippen LogP contribution in [0.3, 0.4) is 0 Å². The summed E-state index contributed by atoms with van der Waals surface area (Å²) < 4.78 is 0. The molecule has 5 heteroatoms. The third kappa shape index (κ3) is 7.19. The van der Waals surface area contributed by atoms with E-state index >= 15 is 0 Å². The highest BCUT2D eigenvalue weighted by molar-refractivity contribution is 6.06. The lowest BCUT2D eigenvalue weighted by Crippen LogP contribution is -2.40. The lowest BCUT2D eigenvalue weighted by atomic mass is 9.87. The molecule has 0 atom stereocenters. The van der Waals surface area contributed by atoms with Gasteiger partial charge >= 0.3 is 0 Å². The third-order valence-corrected chi connectivity index (χ3v) is 8.89. The SMILES string of the molecule is CC1CCN(C(=O)c2cc(NC(=O)c3ccc(C(C)(C)C)cc3)ccc2N2CCC(Cc3ccccc3)CC2)CC1. The molecule has 3 aromatic carbocycles. The highest BCUT2D eigenvalue weighted by atomic mass is 16.2. The maximum Gasteiger partial charge on any atom is 0.256 e. The number of hydrogen-bond donors (Lipinski definition) is 1. The van der Waals surface area contributed by atoms with Gasteiger partial charge in [0.25, 0.3) is 11.8 Å². The van der Waals surface area contributed by atoms with Crippen LogP contribution in [0.4, 0.5) is 11.4 Å². The first kappa shape index (κ1) is 28.9. The van der Waals surface area contributed by atoms with Gasteiger partial charge in [0.2, 0.25) is 0 Å². The Labute approximate surface area is 245 Å². The number of benzene rings is 3. The highest BCUT2D eigenvalue weighted by Crippen LogP contribution is 2.32.